The number of fused-ring (bicyclic) bond motifs is 7. The second-order valence-corrected chi connectivity index (χ2v) is 12.9. The van der Waals surface area contributed by atoms with E-state index >= 15 is 0 Å². The molecule has 3 heteroatoms. The molecule has 0 saturated heterocycles. The smallest absolute Gasteiger partial charge is 0.128 e. The minimum Gasteiger partial charge on any atom is -0.485 e. The molecule has 0 spiro atoms. The highest BCUT2D eigenvalue weighted by atomic mass is 16.5. The van der Waals surface area contributed by atoms with Crippen LogP contribution in [0.1, 0.15) is 11.5 Å². The molecule has 0 amide bonds. The summed E-state index contributed by atoms with van der Waals surface area (Å²) in [6, 6.07) is 57.0. The van der Waals surface area contributed by atoms with E-state index in [1.165, 1.54) is 49.3 Å². The molecule has 2 unspecified atom stereocenters. The Hall–Kier alpha value is -6.32. The van der Waals surface area contributed by atoms with Gasteiger partial charge in [0.25, 0.3) is 0 Å². The number of aromatic nitrogens is 1. The van der Waals surface area contributed by atoms with Gasteiger partial charge < -0.3 is 14.2 Å². The summed E-state index contributed by atoms with van der Waals surface area (Å²) in [5.41, 5.74) is 10.5. The van der Waals surface area contributed by atoms with Gasteiger partial charge in [-0.05, 0) is 94.7 Å². The minimum atomic E-state index is 0.0101. The van der Waals surface area contributed by atoms with Crippen LogP contribution in [0, 0.1) is 0 Å². The quantitative estimate of drug-likeness (QED) is 0.189. The number of hydrogen-bond acceptors (Lipinski definition) is 2. The topological polar surface area (TPSA) is 17.4 Å². The largest absolute Gasteiger partial charge is 0.485 e. The standard InChI is InChI=1S/C46H32N2O/c1-2-11-33-30-34(21-20-31(33)10-1)32-22-24-35(25-23-32)47(43-17-9-19-45-46(43)40-14-5-8-18-44(40)49-45)36-26-28-37(29-27-36)48-41-15-6-3-12-38(41)39-13-4-7-16-42(39)48/h1-30,40,44H. The zero-order valence-electron chi connectivity index (χ0n) is 26.8. The van der Waals surface area contributed by atoms with Crippen molar-refractivity contribution in [3.8, 4) is 22.6 Å². The highest BCUT2D eigenvalue weighted by Gasteiger charge is 2.36. The van der Waals surface area contributed by atoms with Gasteiger partial charge in [-0.1, -0.05) is 109 Å². The van der Waals surface area contributed by atoms with Gasteiger partial charge in [-0.2, -0.15) is 0 Å². The maximum atomic E-state index is 6.47. The lowest BCUT2D eigenvalue weighted by Crippen LogP contribution is -2.17. The summed E-state index contributed by atoms with van der Waals surface area (Å²) in [4.78, 5) is 2.39. The van der Waals surface area contributed by atoms with Gasteiger partial charge in [0.15, 0.2) is 0 Å². The molecule has 7 aromatic carbocycles. The van der Waals surface area contributed by atoms with Gasteiger partial charge in [0.05, 0.1) is 16.7 Å². The molecule has 49 heavy (non-hydrogen) atoms. The summed E-state index contributed by atoms with van der Waals surface area (Å²) in [6.07, 6.45) is 8.67. The first-order valence-electron chi connectivity index (χ1n) is 16.9. The predicted octanol–water partition coefficient (Wildman–Crippen LogP) is 12.0. The number of para-hydroxylation sites is 2. The van der Waals surface area contributed by atoms with E-state index in [1.807, 2.05) is 0 Å². The van der Waals surface area contributed by atoms with Crippen LogP contribution >= 0.6 is 0 Å². The Balaban J connectivity index is 1.11. The monoisotopic (exact) mass is 628 g/mol. The van der Waals surface area contributed by atoms with Crippen LogP contribution in [0.25, 0.3) is 49.4 Å². The molecule has 3 nitrogen and oxygen atoms in total. The van der Waals surface area contributed by atoms with E-state index in [0.717, 1.165) is 28.5 Å². The van der Waals surface area contributed by atoms with Crippen molar-refractivity contribution in [1.82, 2.24) is 4.57 Å². The fraction of sp³-hybridized carbons (Fsp3) is 0.0435. The molecule has 2 atom stereocenters. The van der Waals surface area contributed by atoms with Gasteiger partial charge in [0.2, 0.25) is 0 Å². The van der Waals surface area contributed by atoms with Gasteiger partial charge in [0.1, 0.15) is 11.9 Å². The van der Waals surface area contributed by atoms with Crippen molar-refractivity contribution in [1.29, 1.82) is 0 Å². The Morgan fingerprint density at radius 2 is 1.14 bits per heavy atom. The van der Waals surface area contributed by atoms with Crippen LogP contribution in [0.5, 0.6) is 5.75 Å². The summed E-state index contributed by atoms with van der Waals surface area (Å²) in [5.74, 6) is 1.11. The molecule has 0 radical (unpaired) electrons. The van der Waals surface area contributed by atoms with Crippen molar-refractivity contribution in [3.63, 3.8) is 0 Å². The van der Waals surface area contributed by atoms with Crippen molar-refractivity contribution >= 4 is 49.6 Å². The van der Waals surface area contributed by atoms with E-state index < -0.39 is 0 Å². The highest BCUT2D eigenvalue weighted by Crippen LogP contribution is 2.50. The molecule has 1 aromatic heterocycles. The maximum absolute atomic E-state index is 6.47. The molecule has 10 rings (SSSR count). The molecule has 8 aromatic rings. The molecule has 2 aliphatic rings. The first-order valence-corrected chi connectivity index (χ1v) is 16.9. The number of nitrogens with zero attached hydrogens (tertiary/aromatic N) is 2. The third-order valence-electron chi connectivity index (χ3n) is 10.1. The maximum Gasteiger partial charge on any atom is 0.128 e. The van der Waals surface area contributed by atoms with Gasteiger partial charge >= 0.3 is 0 Å². The zero-order chi connectivity index (χ0) is 32.3. The summed E-state index contributed by atoms with van der Waals surface area (Å²) >= 11 is 0. The van der Waals surface area contributed by atoms with Crippen molar-refractivity contribution in [2.45, 2.75) is 12.0 Å². The number of anilines is 3. The zero-order valence-corrected chi connectivity index (χ0v) is 26.8. The Morgan fingerprint density at radius 3 is 1.90 bits per heavy atom. The van der Waals surface area contributed by atoms with E-state index in [1.54, 1.807) is 0 Å². The van der Waals surface area contributed by atoms with Crippen LogP contribution in [0.3, 0.4) is 0 Å². The first-order chi connectivity index (χ1) is 24.3. The van der Waals surface area contributed by atoms with Gasteiger partial charge in [-0.15, -0.1) is 0 Å². The number of benzene rings is 7. The Kier molecular flexibility index (Phi) is 6.31. The van der Waals surface area contributed by atoms with Crippen LogP contribution in [0.4, 0.5) is 17.1 Å². The first kappa shape index (κ1) is 27.8. The Bertz CT molecular complexity index is 2540. The van der Waals surface area contributed by atoms with Crippen molar-refractivity contribution in [2.24, 2.45) is 0 Å². The van der Waals surface area contributed by atoms with E-state index in [0.29, 0.717) is 0 Å². The lowest BCUT2D eigenvalue weighted by Gasteiger charge is -2.29. The number of allylic oxidation sites excluding steroid dienone is 2. The van der Waals surface area contributed by atoms with Gasteiger partial charge in [-0.25, -0.2) is 0 Å². The summed E-state index contributed by atoms with van der Waals surface area (Å²) < 4.78 is 8.84. The number of rotatable bonds is 5. The van der Waals surface area contributed by atoms with Crippen molar-refractivity contribution in [3.05, 3.63) is 188 Å². The predicted molar refractivity (Wildman–Crippen MR) is 204 cm³/mol. The highest BCUT2D eigenvalue weighted by molar-refractivity contribution is 6.09. The average Bonchev–Trinajstić information content (AvgIpc) is 3.72. The Morgan fingerprint density at radius 1 is 0.510 bits per heavy atom. The van der Waals surface area contributed by atoms with Crippen molar-refractivity contribution < 1.29 is 4.74 Å². The molecule has 1 aliphatic heterocycles. The lowest BCUT2D eigenvalue weighted by molar-refractivity contribution is 0.269. The second kappa shape index (κ2) is 11.1. The summed E-state index contributed by atoms with van der Waals surface area (Å²) in [6.45, 7) is 0. The van der Waals surface area contributed by atoms with Gasteiger partial charge in [-0.3, -0.25) is 0 Å². The van der Waals surface area contributed by atoms with Crippen LogP contribution < -0.4 is 9.64 Å². The fourth-order valence-corrected chi connectivity index (χ4v) is 7.82. The summed E-state index contributed by atoms with van der Waals surface area (Å²) in [7, 11) is 0. The molecular formula is C46H32N2O. The molecule has 2 heterocycles. The van der Waals surface area contributed by atoms with E-state index in [-0.39, 0.29) is 12.0 Å². The molecule has 1 aliphatic carbocycles. The summed E-state index contributed by atoms with van der Waals surface area (Å²) in [5, 5.41) is 5.03. The molecule has 0 fully saturated rings. The number of ether oxygens (including phenoxy) is 1. The molecule has 0 saturated carbocycles. The van der Waals surface area contributed by atoms with Crippen molar-refractivity contribution in [2.75, 3.05) is 4.90 Å². The van der Waals surface area contributed by atoms with Crippen LogP contribution in [0.2, 0.25) is 0 Å². The average molecular weight is 629 g/mol. The lowest BCUT2D eigenvalue weighted by atomic mass is 9.90. The van der Waals surface area contributed by atoms with E-state index in [2.05, 4.69) is 191 Å². The minimum absolute atomic E-state index is 0.0101. The third kappa shape index (κ3) is 4.51. The van der Waals surface area contributed by atoms with E-state index in [9.17, 15) is 0 Å². The molecule has 0 bridgehead atoms. The normalized spacial score (nSPS) is 16.2. The SMILES string of the molecule is C1=CC2Oc3cccc(N(c4ccc(-c5ccc6ccccc6c5)cc4)c4ccc(-n5c6ccccc6c6ccccc65)cc4)c3C2C=C1. The fourth-order valence-electron chi connectivity index (χ4n) is 7.82. The Labute approximate surface area is 285 Å². The molecule has 0 N–H and O–H groups in total. The third-order valence-corrected chi connectivity index (χ3v) is 10.1. The van der Waals surface area contributed by atoms with E-state index in [4.69, 9.17) is 4.74 Å². The number of hydrogen-bond donors (Lipinski definition) is 0. The van der Waals surface area contributed by atoms with Gasteiger partial charge in [0, 0.05) is 39.3 Å². The van der Waals surface area contributed by atoms with Crippen LogP contribution in [-0.4, -0.2) is 10.7 Å². The molecule has 232 valence electrons. The second-order valence-electron chi connectivity index (χ2n) is 12.9. The molecular weight excluding hydrogens is 597 g/mol. The van der Waals surface area contributed by atoms with Crippen LogP contribution in [0.15, 0.2) is 182 Å². The van der Waals surface area contributed by atoms with Crippen LogP contribution in [-0.2, 0) is 0 Å².